The number of carbonyl (C=O) groups excluding carboxylic acids is 1. The Morgan fingerprint density at radius 1 is 1.46 bits per heavy atom. The number of benzene rings is 1. The van der Waals surface area contributed by atoms with E-state index in [1.165, 1.54) is 5.57 Å². The van der Waals surface area contributed by atoms with Crippen LogP contribution in [0.2, 0.25) is 5.02 Å². The number of fused-ring (bicyclic) bond motifs is 1. The van der Waals surface area contributed by atoms with Gasteiger partial charge in [-0.3, -0.25) is 9.69 Å². The molecule has 2 atom stereocenters. The van der Waals surface area contributed by atoms with Crippen LogP contribution >= 0.6 is 11.6 Å². The molecule has 3 heterocycles. The van der Waals surface area contributed by atoms with Crippen LogP contribution in [0.5, 0.6) is 0 Å². The maximum absolute atomic E-state index is 12.9. The smallest absolute Gasteiger partial charge is 0.298 e. The molecule has 0 aliphatic carbocycles. The Bertz CT molecular complexity index is 905. The Kier molecular flexibility index (Phi) is 5.31. The van der Waals surface area contributed by atoms with Gasteiger partial charge < -0.3 is 20.0 Å². The molecule has 0 bridgehead atoms. The fourth-order valence-corrected chi connectivity index (χ4v) is 4.13. The maximum Gasteiger partial charge on any atom is 0.298 e. The summed E-state index contributed by atoms with van der Waals surface area (Å²) >= 11 is 6.24. The number of hydrogen-bond donors (Lipinski definition) is 2. The van der Waals surface area contributed by atoms with Crippen LogP contribution in [0.1, 0.15) is 23.7 Å². The Morgan fingerprint density at radius 2 is 2.21 bits per heavy atom. The summed E-state index contributed by atoms with van der Waals surface area (Å²) in [5.41, 5.74) is 2.74. The molecule has 2 fully saturated rings. The van der Waals surface area contributed by atoms with Gasteiger partial charge in [-0.15, -0.1) is 0 Å². The predicted molar refractivity (Wildman–Crippen MR) is 111 cm³/mol. The molecular weight excluding hydrogens is 378 g/mol. The van der Waals surface area contributed by atoms with Crippen LogP contribution in [0.25, 0.3) is 11.1 Å². The highest BCUT2D eigenvalue weighted by atomic mass is 35.5. The largest absolute Gasteiger partial charge is 0.423 e. The van der Waals surface area contributed by atoms with Gasteiger partial charge in [0.25, 0.3) is 11.9 Å². The quantitative estimate of drug-likeness (QED) is 0.746. The van der Waals surface area contributed by atoms with Crippen LogP contribution < -0.4 is 15.5 Å². The third kappa shape index (κ3) is 3.74. The minimum atomic E-state index is -0.187. The van der Waals surface area contributed by atoms with Gasteiger partial charge in [-0.2, -0.15) is 4.98 Å². The second-order valence-electron chi connectivity index (χ2n) is 7.73. The van der Waals surface area contributed by atoms with E-state index in [1.54, 1.807) is 12.1 Å². The predicted octanol–water partition coefficient (Wildman–Crippen LogP) is 2.27. The summed E-state index contributed by atoms with van der Waals surface area (Å²) in [5, 5.41) is 6.84. The number of likely N-dealkylation sites (N-methyl/N-ethyl adjacent to an activating group) is 1. The van der Waals surface area contributed by atoms with Crippen molar-refractivity contribution in [1.82, 2.24) is 20.5 Å². The van der Waals surface area contributed by atoms with E-state index in [1.807, 2.05) is 6.92 Å². The van der Waals surface area contributed by atoms with Crippen LogP contribution in [-0.4, -0.2) is 67.6 Å². The lowest BCUT2D eigenvalue weighted by molar-refractivity contribution is 0.0927. The molecule has 4 rings (SSSR count). The fourth-order valence-electron chi connectivity index (χ4n) is 3.93. The number of aromatic nitrogens is 1. The first-order valence-corrected chi connectivity index (χ1v) is 10.0. The molecule has 2 N–H and O–H groups in total. The first-order chi connectivity index (χ1) is 13.4. The van der Waals surface area contributed by atoms with Crippen molar-refractivity contribution in [1.29, 1.82) is 0 Å². The van der Waals surface area contributed by atoms with E-state index in [2.05, 4.69) is 39.0 Å². The Morgan fingerprint density at radius 3 is 2.89 bits per heavy atom. The zero-order valence-electron chi connectivity index (χ0n) is 16.3. The summed E-state index contributed by atoms with van der Waals surface area (Å²) in [4.78, 5) is 21.9. The first kappa shape index (κ1) is 19.2. The minimum absolute atomic E-state index is 0.00516. The molecular formula is C20H26ClN5O2. The van der Waals surface area contributed by atoms with Crippen LogP contribution in [0.4, 0.5) is 6.01 Å². The van der Waals surface area contributed by atoms with Crippen LogP contribution in [0, 0.1) is 0 Å². The van der Waals surface area contributed by atoms with Gasteiger partial charge in [0.2, 0.25) is 0 Å². The van der Waals surface area contributed by atoms with E-state index in [-0.39, 0.29) is 11.9 Å². The number of halogens is 1. The molecule has 1 aromatic heterocycles. The molecule has 2 saturated heterocycles. The molecule has 2 unspecified atom stereocenters. The normalized spacial score (nSPS) is 21.6. The van der Waals surface area contributed by atoms with Crippen LogP contribution in [0.3, 0.4) is 0 Å². The van der Waals surface area contributed by atoms with Crippen LogP contribution in [-0.2, 0) is 0 Å². The molecule has 28 heavy (non-hydrogen) atoms. The van der Waals surface area contributed by atoms with Crippen molar-refractivity contribution in [2.24, 2.45) is 0 Å². The number of carbonyl (C=O) groups is 1. The molecule has 7 nitrogen and oxygen atoms in total. The molecule has 2 aliphatic rings. The fraction of sp³-hybridized carbons (Fsp3) is 0.500. The second kappa shape index (κ2) is 7.73. The van der Waals surface area contributed by atoms with Crippen molar-refractivity contribution in [3.63, 3.8) is 0 Å². The minimum Gasteiger partial charge on any atom is -0.423 e. The van der Waals surface area contributed by atoms with Gasteiger partial charge in [0, 0.05) is 55.9 Å². The molecule has 8 heteroatoms. The van der Waals surface area contributed by atoms with E-state index in [0.717, 1.165) is 39.1 Å². The topological polar surface area (TPSA) is 73.6 Å². The Balaban J connectivity index is 1.54. The molecule has 0 radical (unpaired) electrons. The van der Waals surface area contributed by atoms with E-state index in [9.17, 15) is 4.79 Å². The zero-order chi connectivity index (χ0) is 19.8. The molecule has 2 aromatic rings. The number of nitrogens with zero attached hydrogens (tertiary/aromatic N) is 3. The van der Waals surface area contributed by atoms with Gasteiger partial charge in [-0.25, -0.2) is 0 Å². The lowest BCUT2D eigenvalue weighted by Crippen LogP contribution is -2.50. The van der Waals surface area contributed by atoms with E-state index in [4.69, 9.17) is 16.0 Å². The van der Waals surface area contributed by atoms with Crippen molar-refractivity contribution < 1.29 is 9.21 Å². The van der Waals surface area contributed by atoms with Crippen molar-refractivity contribution in [3.05, 3.63) is 34.9 Å². The highest BCUT2D eigenvalue weighted by Gasteiger charge is 2.30. The highest BCUT2D eigenvalue weighted by Crippen LogP contribution is 2.29. The van der Waals surface area contributed by atoms with Crippen molar-refractivity contribution in [2.75, 3.05) is 44.7 Å². The van der Waals surface area contributed by atoms with Crippen molar-refractivity contribution in [2.45, 2.75) is 25.4 Å². The Labute approximate surface area is 169 Å². The number of oxazole rings is 1. The first-order valence-electron chi connectivity index (χ1n) is 9.67. The SMILES string of the molecule is C=C1CN(C)C1CC(C)NC(=O)c1cc(Cl)cc2oc(N3CCNCC3)nc12. The average molecular weight is 404 g/mol. The van der Waals surface area contributed by atoms with Gasteiger partial charge >= 0.3 is 0 Å². The third-order valence-electron chi connectivity index (χ3n) is 5.49. The van der Waals surface area contributed by atoms with Crippen molar-refractivity contribution >= 4 is 34.6 Å². The van der Waals surface area contributed by atoms with Crippen LogP contribution in [0.15, 0.2) is 28.7 Å². The molecule has 2 aliphatic heterocycles. The zero-order valence-corrected chi connectivity index (χ0v) is 17.1. The second-order valence-corrected chi connectivity index (χ2v) is 8.17. The molecule has 1 amide bonds. The maximum atomic E-state index is 12.9. The van der Waals surface area contributed by atoms with Gasteiger partial charge in [0.05, 0.1) is 5.56 Å². The molecule has 0 spiro atoms. The number of hydrogen-bond acceptors (Lipinski definition) is 6. The number of piperazine rings is 1. The molecule has 1 aromatic carbocycles. The third-order valence-corrected chi connectivity index (χ3v) is 5.71. The van der Waals surface area contributed by atoms with Gasteiger partial charge in [0.15, 0.2) is 5.58 Å². The van der Waals surface area contributed by atoms with E-state index in [0.29, 0.717) is 33.7 Å². The average Bonchev–Trinajstić information content (AvgIpc) is 3.10. The Hall–Kier alpha value is -2.09. The van der Waals surface area contributed by atoms with Gasteiger partial charge in [-0.1, -0.05) is 18.2 Å². The lowest BCUT2D eigenvalue weighted by Gasteiger charge is -2.41. The summed E-state index contributed by atoms with van der Waals surface area (Å²) in [7, 11) is 2.07. The standard InChI is InChI=1S/C20H26ClN5O2/c1-12-11-25(3)16(12)8-13(2)23-19(27)15-9-14(21)10-17-18(15)24-20(28-17)26-6-4-22-5-7-26/h9-10,13,16,22H,1,4-8,11H2,2-3H3,(H,23,27). The summed E-state index contributed by atoms with van der Waals surface area (Å²) < 4.78 is 5.91. The lowest BCUT2D eigenvalue weighted by atomic mass is 9.92. The monoisotopic (exact) mass is 403 g/mol. The van der Waals surface area contributed by atoms with Gasteiger partial charge in [-0.05, 0) is 32.0 Å². The van der Waals surface area contributed by atoms with E-state index >= 15 is 0 Å². The van der Waals surface area contributed by atoms with Crippen molar-refractivity contribution in [3.8, 4) is 0 Å². The number of nitrogens with one attached hydrogen (secondary N) is 2. The number of rotatable bonds is 5. The summed E-state index contributed by atoms with van der Waals surface area (Å²) in [6.45, 7) is 10.4. The summed E-state index contributed by atoms with van der Waals surface area (Å²) in [6.07, 6.45) is 0.829. The van der Waals surface area contributed by atoms with E-state index < -0.39 is 0 Å². The number of amides is 1. The molecule has 0 saturated carbocycles. The summed E-state index contributed by atoms with van der Waals surface area (Å²) in [6, 6.07) is 4.23. The number of likely N-dealkylation sites (tertiary alicyclic amines) is 1. The summed E-state index contributed by atoms with van der Waals surface area (Å²) in [5.74, 6) is -0.187. The highest BCUT2D eigenvalue weighted by molar-refractivity contribution is 6.32. The molecule has 150 valence electrons. The van der Waals surface area contributed by atoms with Gasteiger partial charge in [0.1, 0.15) is 5.52 Å². The number of anilines is 1.